The number of thioether (sulfide) groups is 1. The number of imide groups is 1. The average molecular weight is 531 g/mol. The Morgan fingerprint density at radius 3 is 2.48 bits per heavy atom. The Bertz CT molecular complexity index is 1020. The van der Waals surface area contributed by atoms with Crippen LogP contribution >= 0.6 is 27.7 Å². The van der Waals surface area contributed by atoms with E-state index in [1.165, 1.54) is 16.7 Å². The summed E-state index contributed by atoms with van der Waals surface area (Å²) in [5.41, 5.74) is 0.537. The van der Waals surface area contributed by atoms with Crippen molar-refractivity contribution in [3.8, 4) is 5.75 Å². The van der Waals surface area contributed by atoms with Gasteiger partial charge in [-0.2, -0.15) is 0 Å². The molecule has 6 nitrogen and oxygen atoms in total. The molecule has 0 aromatic heterocycles. The van der Waals surface area contributed by atoms with Gasteiger partial charge >= 0.3 is 0 Å². The van der Waals surface area contributed by atoms with Gasteiger partial charge in [0, 0.05) is 15.4 Å². The molecule has 1 aliphatic heterocycles. The molecule has 1 unspecified atom stereocenters. The normalized spacial score (nSPS) is 19.1. The highest BCUT2D eigenvalue weighted by atomic mass is 79.9. The third-order valence-corrected chi connectivity index (χ3v) is 7.79. The van der Waals surface area contributed by atoms with Gasteiger partial charge in [-0.15, -0.1) is 11.8 Å². The minimum absolute atomic E-state index is 0.0175. The number of para-hydroxylation sites is 1. The highest BCUT2D eigenvalue weighted by Gasteiger charge is 2.46. The number of rotatable bonds is 7. The second kappa shape index (κ2) is 10.7. The number of amides is 3. The Hall–Kier alpha value is -2.32. The Balaban J connectivity index is 1.56. The van der Waals surface area contributed by atoms with Crippen molar-refractivity contribution in [1.29, 1.82) is 0 Å². The average Bonchev–Trinajstić information content (AvgIpc) is 3.12. The molecule has 2 aliphatic rings. The zero-order valence-electron chi connectivity index (χ0n) is 18.5. The fourth-order valence-corrected chi connectivity index (χ4v) is 5.80. The fraction of sp³-hybridized carbons (Fsp3) is 0.400. The number of methoxy groups -OCH3 is 1. The maximum Gasteiger partial charge on any atom is 0.257 e. The van der Waals surface area contributed by atoms with E-state index in [1.807, 2.05) is 24.3 Å². The fourth-order valence-electron chi connectivity index (χ4n) is 4.64. The SMILES string of the molecule is COc1ccccc1SCC(=O)N(C1CCCCC1)C1CC(=O)N(c2ccc(Br)cc2)C1=O. The van der Waals surface area contributed by atoms with E-state index in [0.717, 1.165) is 41.5 Å². The molecule has 1 aliphatic carbocycles. The quantitative estimate of drug-likeness (QED) is 0.370. The minimum Gasteiger partial charge on any atom is -0.496 e. The molecule has 2 aromatic rings. The van der Waals surface area contributed by atoms with Crippen LogP contribution in [0.25, 0.3) is 0 Å². The lowest BCUT2D eigenvalue weighted by molar-refractivity contribution is -0.139. The topological polar surface area (TPSA) is 66.9 Å². The molecule has 0 radical (unpaired) electrons. The first-order valence-corrected chi connectivity index (χ1v) is 13.0. The summed E-state index contributed by atoms with van der Waals surface area (Å²) in [6, 6.07) is 13.9. The summed E-state index contributed by atoms with van der Waals surface area (Å²) in [6.45, 7) is 0. The third-order valence-electron chi connectivity index (χ3n) is 6.22. The van der Waals surface area contributed by atoms with E-state index in [4.69, 9.17) is 4.74 Å². The van der Waals surface area contributed by atoms with Gasteiger partial charge in [0.1, 0.15) is 11.8 Å². The summed E-state index contributed by atoms with van der Waals surface area (Å²) in [5, 5.41) is 0. The molecule has 0 spiro atoms. The van der Waals surface area contributed by atoms with Crippen LogP contribution in [0.2, 0.25) is 0 Å². The first kappa shape index (κ1) is 23.8. The summed E-state index contributed by atoms with van der Waals surface area (Å²) < 4.78 is 6.27. The predicted octanol–water partition coefficient (Wildman–Crippen LogP) is 5.04. The lowest BCUT2D eigenvalue weighted by Crippen LogP contribution is -2.52. The number of carbonyl (C=O) groups excluding carboxylic acids is 3. The van der Waals surface area contributed by atoms with Gasteiger partial charge in [0.15, 0.2) is 0 Å². The van der Waals surface area contributed by atoms with Crippen molar-refractivity contribution >= 4 is 51.1 Å². The molecule has 0 bridgehead atoms. The van der Waals surface area contributed by atoms with Crippen molar-refractivity contribution in [3.63, 3.8) is 0 Å². The molecular weight excluding hydrogens is 504 g/mol. The number of anilines is 1. The van der Waals surface area contributed by atoms with E-state index in [-0.39, 0.29) is 35.9 Å². The largest absolute Gasteiger partial charge is 0.496 e. The van der Waals surface area contributed by atoms with Gasteiger partial charge in [0.05, 0.1) is 25.0 Å². The molecule has 3 amide bonds. The number of hydrogen-bond acceptors (Lipinski definition) is 5. The van der Waals surface area contributed by atoms with Crippen LogP contribution < -0.4 is 9.64 Å². The van der Waals surface area contributed by atoms with Crippen molar-refractivity contribution < 1.29 is 19.1 Å². The Morgan fingerprint density at radius 2 is 1.79 bits per heavy atom. The maximum absolute atomic E-state index is 13.5. The molecule has 1 saturated carbocycles. The number of benzene rings is 2. The first-order chi connectivity index (χ1) is 16.0. The molecule has 2 fully saturated rings. The standard InChI is InChI=1S/C25H27BrN2O4S/c1-32-21-9-5-6-10-22(21)33-16-24(30)27(18-7-3-2-4-8-18)20-15-23(29)28(25(20)31)19-13-11-17(26)12-14-19/h5-6,9-14,18,20H,2-4,7-8,15-16H2,1H3. The highest BCUT2D eigenvalue weighted by Crippen LogP contribution is 2.34. The van der Waals surface area contributed by atoms with Crippen molar-refractivity contribution in [1.82, 2.24) is 4.90 Å². The van der Waals surface area contributed by atoms with Crippen LogP contribution in [0.1, 0.15) is 38.5 Å². The van der Waals surface area contributed by atoms with Crippen LogP contribution in [0.4, 0.5) is 5.69 Å². The van der Waals surface area contributed by atoms with Gasteiger partial charge in [-0.25, -0.2) is 4.90 Å². The number of nitrogens with zero attached hydrogens (tertiary/aromatic N) is 2. The molecule has 33 heavy (non-hydrogen) atoms. The third kappa shape index (κ3) is 5.27. The molecule has 1 atom stereocenters. The van der Waals surface area contributed by atoms with Gasteiger partial charge in [0.25, 0.3) is 5.91 Å². The molecule has 1 heterocycles. The van der Waals surface area contributed by atoms with Crippen LogP contribution in [0.15, 0.2) is 57.9 Å². The van der Waals surface area contributed by atoms with Gasteiger partial charge in [0.2, 0.25) is 11.8 Å². The van der Waals surface area contributed by atoms with Crippen molar-refractivity contribution in [3.05, 3.63) is 53.0 Å². The maximum atomic E-state index is 13.5. The lowest BCUT2D eigenvalue weighted by atomic mass is 9.92. The highest BCUT2D eigenvalue weighted by molar-refractivity contribution is 9.10. The van der Waals surface area contributed by atoms with Crippen LogP contribution in [-0.4, -0.2) is 47.6 Å². The second-order valence-corrected chi connectivity index (χ2v) is 10.2. The van der Waals surface area contributed by atoms with E-state index in [9.17, 15) is 14.4 Å². The van der Waals surface area contributed by atoms with Crippen molar-refractivity contribution in [2.24, 2.45) is 0 Å². The molecule has 0 N–H and O–H groups in total. The molecule has 8 heteroatoms. The zero-order chi connectivity index (χ0) is 23.4. The summed E-state index contributed by atoms with van der Waals surface area (Å²) in [4.78, 5) is 43.7. The number of hydrogen-bond donors (Lipinski definition) is 0. The summed E-state index contributed by atoms with van der Waals surface area (Å²) >= 11 is 4.79. The van der Waals surface area contributed by atoms with Crippen LogP contribution in [0.3, 0.4) is 0 Å². The van der Waals surface area contributed by atoms with Gasteiger partial charge in [-0.05, 0) is 49.2 Å². The van der Waals surface area contributed by atoms with Gasteiger partial charge in [-0.3, -0.25) is 14.4 Å². The molecule has 174 valence electrons. The number of carbonyl (C=O) groups is 3. The Labute approximate surface area is 206 Å². The van der Waals surface area contributed by atoms with Crippen LogP contribution in [0, 0.1) is 0 Å². The van der Waals surface area contributed by atoms with E-state index in [0.29, 0.717) is 11.4 Å². The number of ether oxygens (including phenoxy) is 1. The second-order valence-electron chi connectivity index (χ2n) is 8.30. The molecular formula is C25H27BrN2O4S. The summed E-state index contributed by atoms with van der Waals surface area (Å²) in [5.74, 6) is 0.212. The summed E-state index contributed by atoms with van der Waals surface area (Å²) in [7, 11) is 1.61. The lowest BCUT2D eigenvalue weighted by Gasteiger charge is -2.37. The van der Waals surface area contributed by atoms with Gasteiger partial charge < -0.3 is 9.64 Å². The van der Waals surface area contributed by atoms with Crippen molar-refractivity contribution in [2.45, 2.75) is 55.5 Å². The minimum atomic E-state index is -0.755. The molecule has 2 aromatic carbocycles. The zero-order valence-corrected chi connectivity index (χ0v) is 20.9. The number of halogens is 1. The smallest absolute Gasteiger partial charge is 0.257 e. The monoisotopic (exact) mass is 530 g/mol. The van der Waals surface area contributed by atoms with Gasteiger partial charge in [-0.1, -0.05) is 47.3 Å². The molecule has 1 saturated heterocycles. The Morgan fingerprint density at radius 1 is 1.09 bits per heavy atom. The molecule has 4 rings (SSSR count). The van der Waals surface area contributed by atoms with Crippen LogP contribution in [-0.2, 0) is 14.4 Å². The summed E-state index contributed by atoms with van der Waals surface area (Å²) in [6.07, 6.45) is 4.94. The predicted molar refractivity (Wildman–Crippen MR) is 132 cm³/mol. The van der Waals surface area contributed by atoms with E-state index < -0.39 is 6.04 Å². The first-order valence-electron chi connectivity index (χ1n) is 11.2. The van der Waals surface area contributed by atoms with Crippen molar-refractivity contribution in [2.75, 3.05) is 17.8 Å². The van der Waals surface area contributed by atoms with E-state index in [2.05, 4.69) is 15.9 Å². The van der Waals surface area contributed by atoms with E-state index >= 15 is 0 Å². The Kier molecular flexibility index (Phi) is 7.75. The van der Waals surface area contributed by atoms with E-state index in [1.54, 1.807) is 36.3 Å². The van der Waals surface area contributed by atoms with Crippen LogP contribution in [0.5, 0.6) is 5.75 Å².